The highest BCUT2D eigenvalue weighted by atomic mass is 31.1. The number of rotatable bonds is 6. The third kappa shape index (κ3) is 5.08. The molecule has 0 rings (SSSR count). The van der Waals surface area contributed by atoms with Gasteiger partial charge in [-0.05, 0) is 19.5 Å². The fraction of sp³-hybridized carbons (Fsp3) is 1.00. The quantitative estimate of drug-likeness (QED) is 0.599. The van der Waals surface area contributed by atoms with Crippen molar-refractivity contribution in [3.8, 4) is 0 Å². The molecule has 2 nitrogen and oxygen atoms in total. The summed E-state index contributed by atoms with van der Waals surface area (Å²) in [6, 6.07) is 0. The average Bonchev–Trinajstić information content (AvgIpc) is 1.85. The molecule has 0 saturated heterocycles. The van der Waals surface area contributed by atoms with Crippen molar-refractivity contribution in [1.82, 2.24) is 0 Å². The number of ether oxygens (including phenoxy) is 2. The highest BCUT2D eigenvalue weighted by Crippen LogP contribution is 2.35. The molecule has 0 aromatic carbocycles. The van der Waals surface area contributed by atoms with Gasteiger partial charge in [-0.1, -0.05) is 6.92 Å². The second kappa shape index (κ2) is 5.90. The standard InChI is InChI=1S/C9H21O2P/c1-9(6-10-2,7-11-3)8-12(4)5/h6-8H2,1-5H3. The van der Waals surface area contributed by atoms with Crippen LogP contribution in [-0.2, 0) is 9.47 Å². The van der Waals surface area contributed by atoms with Gasteiger partial charge in [-0.3, -0.25) is 0 Å². The van der Waals surface area contributed by atoms with E-state index in [2.05, 4.69) is 20.3 Å². The first-order valence-corrected chi connectivity index (χ1v) is 6.59. The molecule has 0 unspecified atom stereocenters. The lowest BCUT2D eigenvalue weighted by Gasteiger charge is -2.29. The van der Waals surface area contributed by atoms with Crippen LogP contribution in [0.5, 0.6) is 0 Å². The Bertz CT molecular complexity index is 109. The first-order chi connectivity index (χ1) is 5.54. The molecule has 0 amide bonds. The predicted molar refractivity (Wildman–Crippen MR) is 55.5 cm³/mol. The van der Waals surface area contributed by atoms with Crippen LogP contribution in [0.25, 0.3) is 0 Å². The predicted octanol–water partition coefficient (Wildman–Crippen LogP) is 2.03. The SMILES string of the molecule is COCC(C)(COC)CP(C)C. The third-order valence-corrected chi connectivity index (χ3v) is 3.08. The van der Waals surface area contributed by atoms with Gasteiger partial charge in [0.05, 0.1) is 13.2 Å². The van der Waals surface area contributed by atoms with Gasteiger partial charge < -0.3 is 9.47 Å². The first kappa shape index (κ1) is 12.3. The Balaban J connectivity index is 3.98. The molecule has 12 heavy (non-hydrogen) atoms. The molecule has 0 aliphatic carbocycles. The van der Waals surface area contributed by atoms with E-state index in [4.69, 9.17) is 9.47 Å². The fourth-order valence-corrected chi connectivity index (χ4v) is 3.30. The van der Waals surface area contributed by atoms with Crippen molar-refractivity contribution in [1.29, 1.82) is 0 Å². The highest BCUT2D eigenvalue weighted by molar-refractivity contribution is 7.56. The van der Waals surface area contributed by atoms with Gasteiger partial charge in [0, 0.05) is 19.6 Å². The molecule has 0 saturated carbocycles. The maximum absolute atomic E-state index is 5.19. The maximum Gasteiger partial charge on any atom is 0.0541 e. The molecule has 3 heteroatoms. The normalized spacial score (nSPS) is 12.5. The largest absolute Gasteiger partial charge is 0.384 e. The fourth-order valence-electron chi connectivity index (χ4n) is 1.59. The highest BCUT2D eigenvalue weighted by Gasteiger charge is 2.25. The molecule has 74 valence electrons. The third-order valence-electron chi connectivity index (χ3n) is 1.68. The summed E-state index contributed by atoms with van der Waals surface area (Å²) in [7, 11) is 3.63. The second-order valence-electron chi connectivity index (χ2n) is 3.91. The van der Waals surface area contributed by atoms with E-state index in [9.17, 15) is 0 Å². The number of hydrogen-bond donors (Lipinski definition) is 0. The lowest BCUT2D eigenvalue weighted by Crippen LogP contribution is -2.31. The summed E-state index contributed by atoms with van der Waals surface area (Å²) in [4.78, 5) is 0. The molecule has 0 aromatic rings. The summed E-state index contributed by atoms with van der Waals surface area (Å²) >= 11 is 0. The molecule has 0 heterocycles. The van der Waals surface area contributed by atoms with Gasteiger partial charge >= 0.3 is 0 Å². The van der Waals surface area contributed by atoms with Gasteiger partial charge in [0.1, 0.15) is 0 Å². The molecular weight excluding hydrogens is 171 g/mol. The summed E-state index contributed by atoms with van der Waals surface area (Å²) in [6.45, 7) is 8.39. The monoisotopic (exact) mass is 192 g/mol. The van der Waals surface area contributed by atoms with Crippen molar-refractivity contribution in [2.45, 2.75) is 6.92 Å². The van der Waals surface area contributed by atoms with Crippen molar-refractivity contribution in [3.63, 3.8) is 0 Å². The zero-order valence-corrected chi connectivity index (χ0v) is 9.78. The van der Waals surface area contributed by atoms with Crippen molar-refractivity contribution in [3.05, 3.63) is 0 Å². The Labute approximate surface area is 77.4 Å². The van der Waals surface area contributed by atoms with E-state index in [-0.39, 0.29) is 13.3 Å². The summed E-state index contributed by atoms with van der Waals surface area (Å²) in [6.07, 6.45) is 1.21. The van der Waals surface area contributed by atoms with Crippen LogP contribution in [0.1, 0.15) is 6.92 Å². The molecule has 0 bridgehead atoms. The van der Waals surface area contributed by atoms with Crippen LogP contribution in [0.15, 0.2) is 0 Å². The van der Waals surface area contributed by atoms with E-state index in [1.165, 1.54) is 6.16 Å². The summed E-state index contributed by atoms with van der Waals surface area (Å²) in [5.74, 6) is 0. The van der Waals surface area contributed by atoms with Crippen molar-refractivity contribution in [2.24, 2.45) is 5.41 Å². The van der Waals surface area contributed by atoms with E-state index in [1.807, 2.05) is 0 Å². The lowest BCUT2D eigenvalue weighted by molar-refractivity contribution is 0.0365. The van der Waals surface area contributed by atoms with Crippen LogP contribution < -0.4 is 0 Å². The van der Waals surface area contributed by atoms with E-state index in [1.54, 1.807) is 14.2 Å². The molecule has 0 N–H and O–H groups in total. The van der Waals surface area contributed by atoms with Crippen molar-refractivity contribution in [2.75, 3.05) is 46.9 Å². The molecular formula is C9H21O2P. The molecule has 0 aliphatic heterocycles. The minimum absolute atomic E-state index is 0.128. The Kier molecular flexibility index (Phi) is 6.08. The van der Waals surface area contributed by atoms with Crippen molar-refractivity contribution < 1.29 is 9.47 Å². The van der Waals surface area contributed by atoms with E-state index < -0.39 is 0 Å². The Hall–Kier alpha value is 0.350. The first-order valence-electron chi connectivity index (χ1n) is 4.17. The average molecular weight is 192 g/mol. The lowest BCUT2D eigenvalue weighted by atomic mass is 9.96. The minimum Gasteiger partial charge on any atom is -0.384 e. The Morgan fingerprint density at radius 3 is 1.75 bits per heavy atom. The molecule has 0 atom stereocenters. The zero-order chi connectivity index (χ0) is 9.61. The number of methoxy groups -OCH3 is 2. The van der Waals surface area contributed by atoms with E-state index >= 15 is 0 Å². The molecule has 0 aromatic heterocycles. The van der Waals surface area contributed by atoms with Crippen LogP contribution in [-0.4, -0.2) is 46.9 Å². The van der Waals surface area contributed by atoms with Crippen LogP contribution in [0.4, 0.5) is 0 Å². The summed E-state index contributed by atoms with van der Waals surface area (Å²) in [5, 5.41) is 0. The molecule has 0 fully saturated rings. The van der Waals surface area contributed by atoms with Gasteiger partial charge in [-0.15, -0.1) is 7.92 Å². The van der Waals surface area contributed by atoms with Crippen LogP contribution in [0.2, 0.25) is 0 Å². The Morgan fingerprint density at radius 1 is 1.08 bits per heavy atom. The molecule has 0 radical (unpaired) electrons. The van der Waals surface area contributed by atoms with Gasteiger partial charge in [0.25, 0.3) is 0 Å². The van der Waals surface area contributed by atoms with Gasteiger partial charge in [-0.25, -0.2) is 0 Å². The maximum atomic E-state index is 5.19. The Morgan fingerprint density at radius 2 is 1.50 bits per heavy atom. The zero-order valence-electron chi connectivity index (χ0n) is 8.89. The van der Waals surface area contributed by atoms with E-state index in [0.29, 0.717) is 0 Å². The van der Waals surface area contributed by atoms with Crippen LogP contribution in [0, 0.1) is 5.41 Å². The van der Waals surface area contributed by atoms with Gasteiger partial charge in [-0.2, -0.15) is 0 Å². The second-order valence-corrected chi connectivity index (χ2v) is 6.39. The van der Waals surface area contributed by atoms with E-state index in [0.717, 1.165) is 13.2 Å². The summed E-state index contributed by atoms with van der Waals surface area (Å²) < 4.78 is 10.4. The number of hydrogen-bond acceptors (Lipinski definition) is 2. The van der Waals surface area contributed by atoms with Crippen LogP contribution in [0.3, 0.4) is 0 Å². The molecule has 0 spiro atoms. The van der Waals surface area contributed by atoms with Gasteiger partial charge in [0.15, 0.2) is 0 Å². The van der Waals surface area contributed by atoms with Gasteiger partial charge in [0.2, 0.25) is 0 Å². The summed E-state index contributed by atoms with van der Waals surface area (Å²) in [5.41, 5.74) is 0.207. The smallest absolute Gasteiger partial charge is 0.0541 e. The van der Waals surface area contributed by atoms with Crippen LogP contribution >= 0.6 is 7.92 Å². The topological polar surface area (TPSA) is 18.5 Å². The molecule has 0 aliphatic rings. The minimum atomic E-state index is 0.128. The van der Waals surface area contributed by atoms with Crippen molar-refractivity contribution >= 4 is 7.92 Å².